The maximum Gasteiger partial charge on any atom is 0.427 e. The molecule has 3 aromatic rings. The summed E-state index contributed by atoms with van der Waals surface area (Å²) in [5, 5.41) is 2.81. The number of amides is 2. The SMILES string of the molecule is CCOc1ncccc1C1C(C2C(=O)Nc3ccc(F)cc32)N(C(=O)OS(=O)(=O)c2ccc(OC)cc2OC)C(Cl)CN1C1CCN(C)CC1. The monoisotopic (exact) mass is 731 g/mol. The second-order valence-electron chi connectivity index (χ2n) is 12.4. The van der Waals surface area contributed by atoms with Gasteiger partial charge in [0, 0.05) is 36.1 Å². The molecule has 0 bridgehead atoms. The molecule has 4 heterocycles. The Morgan fingerprint density at radius 3 is 2.54 bits per heavy atom. The normalized spacial score (nSPS) is 23.2. The van der Waals surface area contributed by atoms with E-state index in [1.165, 1.54) is 50.6 Å². The van der Waals surface area contributed by atoms with Gasteiger partial charge in [-0.1, -0.05) is 17.7 Å². The number of ether oxygens (including phenoxy) is 3. The molecule has 0 radical (unpaired) electrons. The van der Waals surface area contributed by atoms with Crippen molar-refractivity contribution in [1.82, 2.24) is 19.7 Å². The lowest BCUT2D eigenvalue weighted by Crippen LogP contribution is -2.65. The van der Waals surface area contributed by atoms with Crippen LogP contribution in [0.2, 0.25) is 0 Å². The van der Waals surface area contributed by atoms with Crippen LogP contribution < -0.4 is 19.5 Å². The van der Waals surface area contributed by atoms with Gasteiger partial charge >= 0.3 is 16.2 Å². The Bertz CT molecular complexity index is 1860. The Morgan fingerprint density at radius 1 is 1.08 bits per heavy atom. The quantitative estimate of drug-likeness (QED) is 0.188. The van der Waals surface area contributed by atoms with Crippen molar-refractivity contribution in [3.63, 3.8) is 0 Å². The molecule has 50 heavy (non-hydrogen) atoms. The first-order valence-electron chi connectivity index (χ1n) is 16.2. The maximum absolute atomic E-state index is 14.9. The zero-order valence-electron chi connectivity index (χ0n) is 28.0. The number of pyridine rings is 1. The topological polar surface area (TPSA) is 140 Å². The lowest BCUT2D eigenvalue weighted by Gasteiger charge is -2.54. The fourth-order valence-corrected chi connectivity index (χ4v) is 8.56. The smallest absolute Gasteiger partial charge is 0.427 e. The molecule has 0 spiro atoms. The Labute approximate surface area is 295 Å². The molecule has 3 aliphatic rings. The average Bonchev–Trinajstić information content (AvgIpc) is 3.42. The number of benzene rings is 2. The van der Waals surface area contributed by atoms with Gasteiger partial charge in [0.15, 0.2) is 0 Å². The highest BCUT2D eigenvalue weighted by Gasteiger charge is 2.55. The predicted octanol–water partition coefficient (Wildman–Crippen LogP) is 4.58. The number of aromatic nitrogens is 1. The summed E-state index contributed by atoms with van der Waals surface area (Å²) < 4.78 is 64.1. The second-order valence-corrected chi connectivity index (χ2v) is 14.4. The summed E-state index contributed by atoms with van der Waals surface area (Å²) in [7, 11) is -0.0957. The number of methoxy groups -OCH3 is 2. The van der Waals surface area contributed by atoms with Crippen LogP contribution in [0.5, 0.6) is 17.4 Å². The molecule has 4 atom stereocenters. The van der Waals surface area contributed by atoms with Gasteiger partial charge in [0.1, 0.15) is 27.7 Å². The van der Waals surface area contributed by atoms with E-state index in [9.17, 15) is 22.4 Å². The van der Waals surface area contributed by atoms with E-state index < -0.39 is 56.3 Å². The fraction of sp³-hybridized carbons (Fsp3) is 0.441. The van der Waals surface area contributed by atoms with Crippen LogP contribution in [-0.4, -0.2) is 105 Å². The number of carbonyl (C=O) groups excluding carboxylic acids is 2. The molecule has 2 amide bonds. The van der Waals surface area contributed by atoms with Crippen molar-refractivity contribution in [1.29, 1.82) is 0 Å². The Hall–Kier alpha value is -4.18. The van der Waals surface area contributed by atoms with Crippen molar-refractivity contribution in [2.45, 2.75) is 54.2 Å². The summed E-state index contributed by atoms with van der Waals surface area (Å²) in [4.78, 5) is 37.9. The van der Waals surface area contributed by atoms with Gasteiger partial charge in [0.05, 0.1) is 38.8 Å². The molecule has 2 saturated heterocycles. The van der Waals surface area contributed by atoms with Crippen LogP contribution in [0.4, 0.5) is 14.9 Å². The minimum atomic E-state index is -4.81. The molecule has 6 rings (SSSR count). The number of carbonyl (C=O) groups is 2. The molecular formula is C34H39ClFN5O8S. The summed E-state index contributed by atoms with van der Waals surface area (Å²) >= 11 is 7.11. The number of hydrogen-bond donors (Lipinski definition) is 1. The number of piperazine rings is 1. The van der Waals surface area contributed by atoms with Crippen LogP contribution in [0.15, 0.2) is 59.6 Å². The van der Waals surface area contributed by atoms with Gasteiger partial charge in [0.2, 0.25) is 11.8 Å². The molecule has 2 fully saturated rings. The Balaban J connectivity index is 1.51. The molecule has 268 valence electrons. The van der Waals surface area contributed by atoms with E-state index in [1.807, 2.05) is 14.0 Å². The first kappa shape index (κ1) is 35.6. The van der Waals surface area contributed by atoms with Crippen molar-refractivity contribution in [3.8, 4) is 17.4 Å². The number of halogens is 2. The standard InChI is InChI=1S/C34H39ClFN5O8S/c1-5-48-33-23(7-6-14-37-33)30-31(29-24-17-20(36)8-10-25(24)38-32(29)42)41(28(35)19-40(30)21-12-15-39(2)16-13-21)34(43)49-50(44,45)27-11-9-22(46-3)18-26(27)47-4/h6-11,14,17-18,21,28-31H,5,12-13,15-16,19H2,1-4H3,(H,38,42). The molecular weight excluding hydrogens is 693 g/mol. The number of hydrogen-bond acceptors (Lipinski definition) is 11. The minimum absolute atomic E-state index is 0.0449. The number of nitrogens with one attached hydrogen (secondary N) is 1. The predicted molar refractivity (Wildman–Crippen MR) is 182 cm³/mol. The number of piperidine rings is 1. The number of likely N-dealkylation sites (tertiary alicyclic amines) is 1. The number of nitrogens with zero attached hydrogens (tertiary/aromatic N) is 4. The highest BCUT2D eigenvalue weighted by molar-refractivity contribution is 7.87. The molecule has 1 aromatic heterocycles. The van der Waals surface area contributed by atoms with Crippen molar-refractivity contribution in [2.75, 3.05) is 52.8 Å². The van der Waals surface area contributed by atoms with Crippen LogP contribution in [-0.2, 0) is 19.1 Å². The van der Waals surface area contributed by atoms with Gasteiger partial charge in [-0.15, -0.1) is 0 Å². The van der Waals surface area contributed by atoms with Gasteiger partial charge < -0.3 is 28.6 Å². The summed E-state index contributed by atoms with van der Waals surface area (Å²) in [5.41, 5.74) is 0.0345. The van der Waals surface area contributed by atoms with Gasteiger partial charge in [0.25, 0.3) is 0 Å². The highest BCUT2D eigenvalue weighted by atomic mass is 35.5. The summed E-state index contributed by atoms with van der Waals surface area (Å²) in [6.45, 7) is 3.76. The van der Waals surface area contributed by atoms with Gasteiger partial charge in [-0.05, 0) is 81.9 Å². The third kappa shape index (κ3) is 6.78. The van der Waals surface area contributed by atoms with Crippen LogP contribution >= 0.6 is 11.6 Å². The lowest BCUT2D eigenvalue weighted by atomic mass is 9.80. The van der Waals surface area contributed by atoms with E-state index in [1.54, 1.807) is 18.3 Å². The van der Waals surface area contributed by atoms with Crippen molar-refractivity contribution in [3.05, 3.63) is 71.7 Å². The first-order chi connectivity index (χ1) is 24.0. The maximum atomic E-state index is 14.9. The number of fused-ring (bicyclic) bond motifs is 1. The summed E-state index contributed by atoms with van der Waals surface area (Å²) in [6.07, 6.45) is 1.77. The van der Waals surface area contributed by atoms with Gasteiger partial charge in [-0.25, -0.2) is 14.2 Å². The van der Waals surface area contributed by atoms with Gasteiger partial charge in [-0.2, -0.15) is 8.42 Å². The number of alkyl halides is 1. The Morgan fingerprint density at radius 2 is 1.84 bits per heavy atom. The van der Waals surface area contributed by atoms with Crippen molar-refractivity contribution >= 4 is 39.4 Å². The van der Waals surface area contributed by atoms with E-state index in [0.29, 0.717) is 22.6 Å². The van der Waals surface area contributed by atoms with Crippen molar-refractivity contribution in [2.24, 2.45) is 0 Å². The van der Waals surface area contributed by atoms with Crippen LogP contribution in [0.1, 0.15) is 42.9 Å². The van der Waals surface area contributed by atoms with E-state index in [-0.39, 0.29) is 30.8 Å². The molecule has 2 aromatic carbocycles. The molecule has 3 aliphatic heterocycles. The molecule has 0 aliphatic carbocycles. The lowest BCUT2D eigenvalue weighted by molar-refractivity contribution is -0.120. The first-order valence-corrected chi connectivity index (χ1v) is 18.1. The molecule has 1 N–H and O–H groups in total. The van der Waals surface area contributed by atoms with Crippen LogP contribution in [0, 0.1) is 5.82 Å². The molecule has 16 heteroatoms. The van der Waals surface area contributed by atoms with E-state index in [2.05, 4.69) is 20.1 Å². The van der Waals surface area contributed by atoms with E-state index >= 15 is 0 Å². The number of anilines is 1. The van der Waals surface area contributed by atoms with Crippen LogP contribution in [0.25, 0.3) is 0 Å². The summed E-state index contributed by atoms with van der Waals surface area (Å²) in [5.74, 6) is -1.82. The van der Waals surface area contributed by atoms with Gasteiger partial charge in [-0.3, -0.25) is 14.6 Å². The Kier molecular flexibility index (Phi) is 10.4. The van der Waals surface area contributed by atoms with Crippen LogP contribution in [0.3, 0.4) is 0 Å². The number of rotatable bonds is 9. The summed E-state index contributed by atoms with van der Waals surface area (Å²) in [6, 6.07) is 9.30. The molecule has 4 unspecified atom stereocenters. The zero-order chi connectivity index (χ0) is 35.7. The second kappa shape index (κ2) is 14.6. The van der Waals surface area contributed by atoms with Crippen molar-refractivity contribution < 1.29 is 40.8 Å². The third-order valence-corrected chi connectivity index (χ3v) is 11.1. The van der Waals surface area contributed by atoms with E-state index in [0.717, 1.165) is 30.8 Å². The fourth-order valence-electron chi connectivity index (χ4n) is 7.20. The molecule has 13 nitrogen and oxygen atoms in total. The largest absolute Gasteiger partial charge is 0.497 e. The van der Waals surface area contributed by atoms with E-state index in [4.69, 9.17) is 30.0 Å². The third-order valence-electron chi connectivity index (χ3n) is 9.49. The molecule has 0 saturated carbocycles. The highest BCUT2D eigenvalue weighted by Crippen LogP contribution is 2.49. The minimum Gasteiger partial charge on any atom is -0.497 e. The average molecular weight is 732 g/mol. The zero-order valence-corrected chi connectivity index (χ0v) is 29.6.